The Morgan fingerprint density at radius 1 is 0.959 bits per heavy atom. The van der Waals surface area contributed by atoms with Crippen LogP contribution in [0.25, 0.3) is 11.1 Å². The zero-order valence-electron chi connectivity index (χ0n) is 26.3. The van der Waals surface area contributed by atoms with E-state index in [-0.39, 0.29) is 32.5 Å². The SMILES string of the molecule is C=C[C@@H]1C[C@]1(NC(=O)[C@@H]1C[C@@H]2C[C@H]1C(=O)NNC(=O)OC/C=C/COc1ccc3c(c1)/C(=N/O2)c1ccccc1-3)C(=O)NS(=O)(=O)C1CC1. The predicted molar refractivity (Wildman–Crippen MR) is 175 cm³/mol. The molecular weight excluding hydrogens is 654 g/mol. The number of sulfonamides is 1. The van der Waals surface area contributed by atoms with Gasteiger partial charge < -0.3 is 19.6 Å². The van der Waals surface area contributed by atoms with Gasteiger partial charge in [0.05, 0.1) is 17.1 Å². The normalized spacial score (nSPS) is 29.3. The van der Waals surface area contributed by atoms with E-state index in [1.165, 1.54) is 6.08 Å². The maximum atomic E-state index is 13.9. The number of carbonyl (C=O) groups is 4. The third-order valence-corrected chi connectivity index (χ3v) is 11.4. The molecule has 5 atom stereocenters. The summed E-state index contributed by atoms with van der Waals surface area (Å²) in [6.45, 7) is 3.86. The van der Waals surface area contributed by atoms with Crippen molar-refractivity contribution in [1.82, 2.24) is 20.9 Å². The van der Waals surface area contributed by atoms with Gasteiger partial charge in [0.1, 0.15) is 36.3 Å². The maximum Gasteiger partial charge on any atom is 0.426 e. The standard InChI is InChI=1S/C34H35N5O9S/c1-2-19-18-34(19,32(42)39-49(44,45)22-10-11-22)35-30(40)27-16-21-17-28(27)31(41)36-37-33(43)47-14-6-5-13-46-20-9-12-24-23-7-3-4-8-25(23)29(38-48-21)26(24)15-20/h2-9,12,15,19,21-22,27-28H,1,10-11,13-14,16-18H2,(H,35,40)(H,36,41)(H,37,43)(H,39,42)/b6-5+,38-29+/t19-,21-,27-,28-,34-/m1/s1. The van der Waals surface area contributed by atoms with Crippen molar-refractivity contribution in [3.8, 4) is 16.9 Å². The molecule has 1 aliphatic heterocycles. The number of nitrogens with zero attached hydrogens (tertiary/aromatic N) is 1. The van der Waals surface area contributed by atoms with E-state index in [0.717, 1.165) is 22.3 Å². The fourth-order valence-electron chi connectivity index (χ4n) is 6.67. The Bertz CT molecular complexity index is 1910. The van der Waals surface area contributed by atoms with Crippen LogP contribution in [0.5, 0.6) is 5.75 Å². The zero-order valence-corrected chi connectivity index (χ0v) is 27.2. The quantitative estimate of drug-likeness (QED) is 0.281. The van der Waals surface area contributed by atoms with E-state index in [4.69, 9.17) is 14.3 Å². The number of hydrogen-bond acceptors (Lipinski definition) is 10. The van der Waals surface area contributed by atoms with E-state index in [1.54, 1.807) is 12.2 Å². The Morgan fingerprint density at radius 2 is 1.69 bits per heavy atom. The summed E-state index contributed by atoms with van der Waals surface area (Å²) in [7, 11) is -3.88. The van der Waals surface area contributed by atoms with E-state index in [1.807, 2.05) is 42.5 Å². The Labute approximate surface area is 282 Å². The highest BCUT2D eigenvalue weighted by molar-refractivity contribution is 7.91. The van der Waals surface area contributed by atoms with Gasteiger partial charge >= 0.3 is 6.09 Å². The molecule has 0 radical (unpaired) electrons. The molecular formula is C34H35N5O9S. The molecule has 256 valence electrons. The molecule has 49 heavy (non-hydrogen) atoms. The summed E-state index contributed by atoms with van der Waals surface area (Å²) in [5, 5.41) is 6.66. The second kappa shape index (κ2) is 12.7. The molecule has 2 aromatic rings. The first-order valence-corrected chi connectivity index (χ1v) is 17.6. The average molecular weight is 690 g/mol. The molecule has 7 rings (SSSR count). The molecule has 4 bridgehead atoms. The van der Waals surface area contributed by atoms with E-state index >= 15 is 0 Å². The number of ether oxygens (including phenoxy) is 2. The predicted octanol–water partition coefficient (Wildman–Crippen LogP) is 2.21. The van der Waals surface area contributed by atoms with Crippen LogP contribution < -0.4 is 25.6 Å². The van der Waals surface area contributed by atoms with Crippen molar-refractivity contribution < 1.29 is 41.9 Å². The van der Waals surface area contributed by atoms with Crippen molar-refractivity contribution in [2.45, 2.75) is 49.0 Å². The van der Waals surface area contributed by atoms with Gasteiger partial charge in [-0.3, -0.25) is 24.5 Å². The van der Waals surface area contributed by atoms with Crippen LogP contribution in [0.3, 0.4) is 0 Å². The summed E-state index contributed by atoms with van der Waals surface area (Å²) >= 11 is 0. The number of cyclic esters (lactones) is 1. The van der Waals surface area contributed by atoms with Crippen LogP contribution in [0.2, 0.25) is 0 Å². The molecule has 0 aromatic heterocycles. The smallest absolute Gasteiger partial charge is 0.426 e. The van der Waals surface area contributed by atoms with E-state index in [0.29, 0.717) is 24.3 Å². The summed E-state index contributed by atoms with van der Waals surface area (Å²) in [4.78, 5) is 58.9. The molecule has 4 N–H and O–H groups in total. The Morgan fingerprint density at radius 3 is 2.43 bits per heavy atom. The number of hydrazine groups is 1. The van der Waals surface area contributed by atoms with Gasteiger partial charge in [-0.15, -0.1) is 6.58 Å². The van der Waals surface area contributed by atoms with Gasteiger partial charge in [0.2, 0.25) is 21.8 Å². The average Bonchev–Trinajstić information content (AvgIpc) is 4.00. The van der Waals surface area contributed by atoms with Gasteiger partial charge in [0, 0.05) is 17.0 Å². The Balaban J connectivity index is 1.16. The summed E-state index contributed by atoms with van der Waals surface area (Å²) in [6.07, 6.45) is 4.32. The highest BCUT2D eigenvalue weighted by atomic mass is 32.2. The third-order valence-electron chi connectivity index (χ3n) is 9.56. The van der Waals surface area contributed by atoms with Gasteiger partial charge in [0.25, 0.3) is 5.91 Å². The van der Waals surface area contributed by atoms with Gasteiger partial charge in [-0.05, 0) is 73.6 Å². The molecule has 3 saturated carbocycles. The maximum absolute atomic E-state index is 13.9. The van der Waals surface area contributed by atoms with Gasteiger partial charge in [-0.25, -0.2) is 18.6 Å². The summed E-state index contributed by atoms with van der Waals surface area (Å²) in [6, 6.07) is 13.4. The molecule has 4 aliphatic carbocycles. The van der Waals surface area contributed by atoms with Crippen molar-refractivity contribution in [2.75, 3.05) is 13.2 Å². The van der Waals surface area contributed by atoms with Crippen molar-refractivity contribution in [2.24, 2.45) is 22.9 Å². The van der Waals surface area contributed by atoms with Crippen molar-refractivity contribution in [3.63, 3.8) is 0 Å². The molecule has 1 heterocycles. The second-order valence-corrected chi connectivity index (χ2v) is 14.7. The van der Waals surface area contributed by atoms with Crippen LogP contribution in [0.15, 0.2) is 72.4 Å². The first kappa shape index (κ1) is 32.4. The lowest BCUT2D eigenvalue weighted by Crippen LogP contribution is -2.54. The number of rotatable bonds is 6. The van der Waals surface area contributed by atoms with Crippen LogP contribution in [-0.4, -0.2) is 68.1 Å². The highest BCUT2D eigenvalue weighted by Gasteiger charge is 2.62. The highest BCUT2D eigenvalue weighted by Crippen LogP contribution is 2.46. The zero-order chi connectivity index (χ0) is 34.3. The minimum Gasteiger partial charge on any atom is -0.490 e. The molecule has 0 spiro atoms. The summed E-state index contributed by atoms with van der Waals surface area (Å²) < 4.78 is 38.2. The van der Waals surface area contributed by atoms with Crippen LogP contribution in [0.1, 0.15) is 43.2 Å². The lowest BCUT2D eigenvalue weighted by molar-refractivity contribution is -0.136. The Kier molecular flexibility index (Phi) is 8.38. The van der Waals surface area contributed by atoms with Crippen molar-refractivity contribution in [3.05, 3.63) is 78.4 Å². The number of fused-ring (bicyclic) bond motifs is 6. The van der Waals surface area contributed by atoms with Crippen molar-refractivity contribution >= 4 is 39.5 Å². The lowest BCUT2D eigenvalue weighted by atomic mass is 9.94. The molecule has 3 fully saturated rings. The largest absolute Gasteiger partial charge is 0.490 e. The summed E-state index contributed by atoms with van der Waals surface area (Å²) in [5.41, 5.74) is 7.10. The molecule has 2 aromatic carbocycles. The topological polar surface area (TPSA) is 191 Å². The number of benzene rings is 2. The summed E-state index contributed by atoms with van der Waals surface area (Å²) in [5.74, 6) is -4.10. The third kappa shape index (κ3) is 6.37. The number of hydrogen-bond donors (Lipinski definition) is 4. The van der Waals surface area contributed by atoms with Crippen LogP contribution in [-0.2, 0) is 34.0 Å². The van der Waals surface area contributed by atoms with Crippen LogP contribution in [0.4, 0.5) is 4.79 Å². The fourth-order valence-corrected chi connectivity index (χ4v) is 8.03. The first-order valence-electron chi connectivity index (χ1n) is 16.1. The lowest BCUT2D eigenvalue weighted by Gasteiger charge is -2.23. The minimum atomic E-state index is -3.88. The number of carbonyl (C=O) groups excluding carboxylic acids is 4. The molecule has 15 heteroatoms. The minimum absolute atomic E-state index is 0.0461. The monoisotopic (exact) mass is 689 g/mol. The molecule has 4 amide bonds. The van der Waals surface area contributed by atoms with Gasteiger partial charge in [-0.1, -0.05) is 35.5 Å². The number of oxime groups is 1. The first-order chi connectivity index (χ1) is 23.6. The van der Waals surface area contributed by atoms with Gasteiger partial charge in [-0.2, -0.15) is 0 Å². The van der Waals surface area contributed by atoms with Crippen LogP contribution >= 0.6 is 0 Å². The molecule has 0 saturated heterocycles. The van der Waals surface area contributed by atoms with Gasteiger partial charge in [0.15, 0.2) is 0 Å². The number of nitrogens with one attached hydrogen (secondary N) is 4. The molecule has 14 nitrogen and oxygen atoms in total. The van der Waals surface area contributed by atoms with E-state index in [9.17, 15) is 27.6 Å². The number of amides is 4. The molecule has 5 aliphatic rings. The van der Waals surface area contributed by atoms with E-state index < -0.39 is 68.5 Å². The Hall–Kier alpha value is -5.18. The van der Waals surface area contributed by atoms with Crippen LogP contribution in [0, 0.1) is 17.8 Å². The van der Waals surface area contributed by atoms with E-state index in [2.05, 4.69) is 32.6 Å². The second-order valence-electron chi connectivity index (χ2n) is 12.8. The molecule has 0 unspecified atom stereocenters. The van der Waals surface area contributed by atoms with Crippen molar-refractivity contribution in [1.29, 1.82) is 0 Å². The fraction of sp³-hybridized carbons (Fsp3) is 0.382.